The highest BCUT2D eigenvalue weighted by Crippen LogP contribution is 2.35. The number of esters is 1. The maximum atomic E-state index is 13.2. The van der Waals surface area contributed by atoms with Gasteiger partial charge in [0.05, 0.1) is 53.1 Å². The number of alkyl halides is 2. The number of thioether (sulfide) groups is 2. The van der Waals surface area contributed by atoms with E-state index in [1.54, 1.807) is 72.0 Å². The lowest BCUT2D eigenvalue weighted by Gasteiger charge is -2.30. The maximum Gasteiger partial charge on any atom is 0.326 e. The number of ether oxygens (including phenoxy) is 1. The second-order valence-electron chi connectivity index (χ2n) is 18.3. The van der Waals surface area contributed by atoms with Gasteiger partial charge in [0, 0.05) is 55.6 Å². The number of methoxy groups -OCH3 is 1. The van der Waals surface area contributed by atoms with E-state index in [-0.39, 0.29) is 85.4 Å². The van der Waals surface area contributed by atoms with E-state index in [0.717, 1.165) is 34.3 Å². The average Bonchev–Trinajstić information content (AvgIpc) is 1.26. The first kappa shape index (κ1) is 79.1. The van der Waals surface area contributed by atoms with Gasteiger partial charge in [-0.15, -0.1) is 35.6 Å². The van der Waals surface area contributed by atoms with Crippen LogP contribution in [0.3, 0.4) is 0 Å². The van der Waals surface area contributed by atoms with Crippen molar-refractivity contribution in [2.45, 2.75) is 63.4 Å². The molecule has 92 heavy (non-hydrogen) atoms. The van der Waals surface area contributed by atoms with Crippen LogP contribution in [0.25, 0.3) is 11.0 Å². The fraction of sp³-hybridized carbons (Fsp3) is 0.241. The molecule has 9 aromatic rings. The normalized spacial score (nSPS) is 12.1. The van der Waals surface area contributed by atoms with Crippen molar-refractivity contribution in [3.05, 3.63) is 184 Å². The van der Waals surface area contributed by atoms with E-state index >= 15 is 0 Å². The van der Waals surface area contributed by atoms with Gasteiger partial charge in [-0.1, -0.05) is 52.8 Å². The number of amides is 2. The van der Waals surface area contributed by atoms with Crippen molar-refractivity contribution in [1.29, 1.82) is 0 Å². The molecule has 0 bridgehead atoms. The molecule has 0 saturated carbocycles. The minimum absolute atomic E-state index is 0. The van der Waals surface area contributed by atoms with Crippen LogP contribution >= 0.6 is 82.3 Å². The summed E-state index contributed by atoms with van der Waals surface area (Å²) in [7, 11) is -9.08. The molecular weight excluding hydrogens is 1410 g/mol. The van der Waals surface area contributed by atoms with Gasteiger partial charge in [-0.25, -0.2) is 30.0 Å². The van der Waals surface area contributed by atoms with Crippen molar-refractivity contribution in [2.24, 2.45) is 5.73 Å². The van der Waals surface area contributed by atoms with Gasteiger partial charge in [0.15, 0.2) is 34.3 Å². The highest BCUT2D eigenvalue weighted by molar-refractivity contribution is 7.98. The van der Waals surface area contributed by atoms with Crippen LogP contribution in [0.4, 0.5) is 0 Å². The Bertz CT molecular complexity index is 4160. The third kappa shape index (κ3) is 25.0. The Hall–Kier alpha value is -7.16. The Kier molecular flexibility index (Phi) is 32.8. The molecule has 0 aliphatic carbocycles. The second kappa shape index (κ2) is 38.1. The number of sulfone groups is 3. The van der Waals surface area contributed by atoms with E-state index in [1.807, 2.05) is 48.9 Å². The quantitative estimate of drug-likeness (QED) is 0.0350. The van der Waals surface area contributed by atoms with Crippen molar-refractivity contribution in [3.8, 4) is 0 Å². The topological polar surface area (TPSA) is 368 Å². The van der Waals surface area contributed by atoms with Crippen LogP contribution in [-0.4, -0.2) is 134 Å². The minimum atomic E-state index is -3.62. The molecule has 0 spiro atoms. The molecule has 34 heteroatoms. The highest BCUT2D eigenvalue weighted by atomic mass is 35.5. The number of carbonyl (C=O) groups is 6. The van der Waals surface area contributed by atoms with E-state index in [0.29, 0.717) is 59.3 Å². The number of hydrogen-bond donors (Lipinski definition) is 3. The van der Waals surface area contributed by atoms with Crippen LogP contribution in [0.15, 0.2) is 185 Å². The number of fused-ring (bicyclic) bond motifs is 2. The summed E-state index contributed by atoms with van der Waals surface area (Å²) in [5, 5.41) is 14.3. The zero-order valence-corrected chi connectivity index (χ0v) is 57.2. The Morgan fingerprint density at radius 3 is 1.71 bits per heavy atom. The van der Waals surface area contributed by atoms with Crippen molar-refractivity contribution in [3.63, 3.8) is 0 Å². The first-order chi connectivity index (χ1) is 43.0. The fourth-order valence-corrected chi connectivity index (χ4v) is 10.7. The summed E-state index contributed by atoms with van der Waals surface area (Å²) in [5.74, 6) is -2.14. The maximum absolute atomic E-state index is 13.2. The van der Waals surface area contributed by atoms with Gasteiger partial charge in [0.1, 0.15) is 29.2 Å². The minimum Gasteiger partial charge on any atom is -0.480 e. The van der Waals surface area contributed by atoms with Gasteiger partial charge in [-0.2, -0.15) is 0 Å². The number of hydrogen-bond acceptors (Lipinski definition) is 23. The first-order valence-corrected chi connectivity index (χ1v) is 35.7. The van der Waals surface area contributed by atoms with Crippen LogP contribution in [0.5, 0.6) is 0 Å². The van der Waals surface area contributed by atoms with Crippen LogP contribution in [0, 0.1) is 0 Å². The number of furan rings is 7. The zero-order valence-electron chi connectivity index (χ0n) is 49.3. The van der Waals surface area contributed by atoms with Gasteiger partial charge in [-0.05, 0) is 127 Å². The van der Waals surface area contributed by atoms with E-state index < -0.39 is 59.4 Å². The lowest BCUT2D eigenvalue weighted by Crippen LogP contribution is -2.42. The molecule has 0 saturated heterocycles. The summed E-state index contributed by atoms with van der Waals surface area (Å²) in [6.45, 7) is 0.550. The molecule has 0 unspecified atom stereocenters. The molecule has 0 fully saturated rings. The molecule has 0 radical (unpaired) electrons. The standard InChI is InChI=1S/C27H22Cl2N2O8S.C9H13NO5S.C6H6O4S.C6H6O2S.C5H6OS.C4H4O.CH2Cl2.ClH/c1-40(36,37)22-5-4-17(39-22)12-20(27(34)35)30-25(32)23-19(28)10-16-13-31(8-6-18(16)24(23)29)26(33)15-3-2-14-7-9-38-21(14)11-15;1-14-9(11)7(10)5-6-3-4-8(15-6)16(2,12)13;1-11(8,9)6-3-2-5(4-7)10-6;1-9-6-3-2-5(4-7)8-6;1-7-5-3-2-4-6-5;1-2-4-5-3-1;2-1-3;/h2-5,7,9-11,20H,6,8,12-13H2,1H3,(H,30,32)(H,34,35);3-4,7H,5,10H2,1-2H3;2-4H,1H3;2-4H,1H3;2-4H,1H3;1-4H;1H2;1H/t20-;7-;;;;;;/m00....../s1. The van der Waals surface area contributed by atoms with Crippen LogP contribution in [0.2, 0.25) is 10.0 Å². The molecule has 8 heterocycles. The predicted octanol–water partition coefficient (Wildman–Crippen LogP) is 11.5. The zero-order chi connectivity index (χ0) is 67.6. The predicted molar refractivity (Wildman–Crippen MR) is 347 cm³/mol. The smallest absolute Gasteiger partial charge is 0.326 e. The molecular formula is C58H60Cl5N3O21S5. The number of halogens is 5. The third-order valence-corrected chi connectivity index (χ3v) is 16.5. The number of aliphatic carboxylic acids is 1. The van der Waals surface area contributed by atoms with Gasteiger partial charge in [0.25, 0.3) is 11.8 Å². The number of carboxylic acid groups (broad SMARTS) is 1. The highest BCUT2D eigenvalue weighted by Gasteiger charge is 2.31. The summed E-state index contributed by atoms with van der Waals surface area (Å²) < 4.78 is 106. The van der Waals surface area contributed by atoms with Crippen LogP contribution in [0.1, 0.15) is 64.5 Å². The molecule has 7 aromatic heterocycles. The molecule has 1 aliphatic heterocycles. The van der Waals surface area contributed by atoms with Gasteiger partial charge >= 0.3 is 11.9 Å². The van der Waals surface area contributed by atoms with Crippen molar-refractivity contribution in [2.75, 3.05) is 50.3 Å². The summed E-state index contributed by atoms with van der Waals surface area (Å²) in [4.78, 5) is 70.9. The number of benzene rings is 2. The molecule has 498 valence electrons. The Labute approximate surface area is 562 Å². The van der Waals surface area contributed by atoms with E-state index in [9.17, 15) is 59.1 Å². The van der Waals surface area contributed by atoms with E-state index in [2.05, 4.69) is 18.9 Å². The number of rotatable bonds is 16. The van der Waals surface area contributed by atoms with Crippen LogP contribution in [-0.2, 0) is 69.6 Å². The number of carbonyl (C=O) groups excluding carboxylic acids is 5. The van der Waals surface area contributed by atoms with Crippen LogP contribution < -0.4 is 11.1 Å². The number of nitrogens with one attached hydrogen (secondary N) is 1. The average molecular weight is 1470 g/mol. The lowest BCUT2D eigenvalue weighted by molar-refractivity contribution is -0.142. The molecule has 24 nitrogen and oxygen atoms in total. The van der Waals surface area contributed by atoms with Crippen molar-refractivity contribution >= 4 is 159 Å². The number of carboxylic acids is 1. The second-order valence-corrected chi connectivity index (χ2v) is 27.3. The van der Waals surface area contributed by atoms with E-state index in [1.165, 1.54) is 55.3 Å². The number of nitrogens with two attached hydrogens (primary N) is 1. The van der Waals surface area contributed by atoms with Gasteiger partial charge in [0.2, 0.25) is 44.8 Å². The summed E-state index contributed by atoms with van der Waals surface area (Å²) in [6.07, 6.45) is 14.7. The molecule has 2 aromatic carbocycles. The van der Waals surface area contributed by atoms with Gasteiger partial charge < -0.3 is 56.7 Å². The summed E-state index contributed by atoms with van der Waals surface area (Å²) in [5.41, 5.74) is 7.79. The summed E-state index contributed by atoms with van der Waals surface area (Å²) >= 11 is 25.7. The van der Waals surface area contributed by atoms with E-state index in [4.69, 9.17) is 74.2 Å². The summed E-state index contributed by atoms with van der Waals surface area (Å²) in [6, 6.07) is 25.1. The number of nitrogens with zero attached hydrogens (tertiary/aromatic N) is 1. The molecule has 4 N–H and O–H groups in total. The Morgan fingerprint density at radius 1 is 0.707 bits per heavy atom. The lowest BCUT2D eigenvalue weighted by atomic mass is 9.95. The monoisotopic (exact) mass is 1470 g/mol. The third-order valence-electron chi connectivity index (χ3n) is 11.7. The fourth-order valence-electron chi connectivity index (χ4n) is 7.43. The largest absolute Gasteiger partial charge is 0.480 e. The first-order valence-electron chi connectivity index (χ1n) is 25.7. The molecule has 2 atom stereocenters. The Morgan fingerprint density at radius 2 is 1.26 bits per heavy atom. The van der Waals surface area contributed by atoms with Gasteiger partial charge in [-0.3, -0.25) is 24.0 Å². The SMILES string of the molecule is COC(=O)[C@@H](N)Cc1ccc(S(C)(=O)=O)o1.CS(=O)(=O)c1ccc(C=O)o1.CS(=O)(=O)c1ccc(C[C@H](NC(=O)c2c(Cl)cc3c(c2Cl)CCN(C(=O)c2ccc4ccoc4c2)C3)C(=O)O)o1.CSc1ccc(C=O)o1.CSc1ccco1.Cl.ClCCl.c1ccoc1. The number of aldehydes is 2. The van der Waals surface area contributed by atoms with Crippen molar-refractivity contribution in [1.82, 2.24) is 10.2 Å². The molecule has 10 rings (SSSR count). The molecule has 1 aliphatic rings. The van der Waals surface area contributed by atoms with Crippen molar-refractivity contribution < 1.29 is 94.8 Å². The Balaban J connectivity index is 0.000000344. The molecule has 2 amide bonds.